The van der Waals surface area contributed by atoms with Crippen LogP contribution in [-0.2, 0) is 19.4 Å². The first-order valence-electron chi connectivity index (χ1n) is 7.28. The van der Waals surface area contributed by atoms with Crippen LogP contribution in [-0.4, -0.2) is 18.5 Å². The maximum Gasteiger partial charge on any atom is 0.0347 e. The third-order valence-electron chi connectivity index (χ3n) is 3.70. The summed E-state index contributed by atoms with van der Waals surface area (Å²) in [6, 6.07) is 17.0. The highest BCUT2D eigenvalue weighted by Crippen LogP contribution is 2.12. The van der Waals surface area contributed by atoms with Gasteiger partial charge in [-0.2, -0.15) is 0 Å². The number of para-hydroxylation sites is 1. The lowest BCUT2D eigenvalue weighted by atomic mass is 10.1. The maximum absolute atomic E-state index is 5.97. The van der Waals surface area contributed by atoms with E-state index < -0.39 is 0 Å². The second kappa shape index (κ2) is 7.11. The van der Waals surface area contributed by atoms with Crippen molar-refractivity contribution < 1.29 is 0 Å². The minimum atomic E-state index is 0.896. The molecule has 20 heavy (non-hydrogen) atoms. The van der Waals surface area contributed by atoms with Crippen LogP contribution in [0.5, 0.6) is 0 Å². The molecule has 2 rings (SSSR count). The van der Waals surface area contributed by atoms with Gasteiger partial charge in [0.15, 0.2) is 0 Å². The molecule has 0 aliphatic rings. The van der Waals surface area contributed by atoms with Crippen molar-refractivity contribution >= 4 is 5.69 Å². The molecule has 0 saturated carbocycles. The lowest BCUT2D eigenvalue weighted by Gasteiger charge is -2.17. The Bertz CT molecular complexity index is 531. The fraction of sp³-hybridized carbons (Fsp3) is 0.333. The van der Waals surface area contributed by atoms with Crippen molar-refractivity contribution in [1.29, 1.82) is 0 Å². The highest BCUT2D eigenvalue weighted by atomic mass is 15.1. The first-order valence-corrected chi connectivity index (χ1v) is 7.28. The molecule has 0 bridgehead atoms. The van der Waals surface area contributed by atoms with Crippen LogP contribution in [0.4, 0.5) is 5.69 Å². The number of aryl methyl sites for hydroxylation is 1. The van der Waals surface area contributed by atoms with Gasteiger partial charge in [-0.3, -0.25) is 0 Å². The quantitative estimate of drug-likeness (QED) is 0.812. The van der Waals surface area contributed by atoms with E-state index in [4.69, 9.17) is 5.73 Å². The molecule has 2 aromatic carbocycles. The number of hydrogen-bond acceptors (Lipinski definition) is 2. The van der Waals surface area contributed by atoms with Gasteiger partial charge in [-0.15, -0.1) is 0 Å². The number of benzene rings is 2. The predicted octanol–water partition coefficient (Wildman–Crippen LogP) is 3.51. The molecule has 0 unspecified atom stereocenters. The number of rotatable bonds is 6. The van der Waals surface area contributed by atoms with E-state index in [1.54, 1.807) is 0 Å². The highest BCUT2D eigenvalue weighted by molar-refractivity contribution is 5.46. The SMILES string of the molecule is CCc1ccc(CN(C)CCc2ccccc2N)cc1. The van der Waals surface area contributed by atoms with E-state index >= 15 is 0 Å². The van der Waals surface area contributed by atoms with Crippen LogP contribution in [0, 0.1) is 0 Å². The minimum Gasteiger partial charge on any atom is -0.399 e. The Kier molecular flexibility index (Phi) is 5.19. The van der Waals surface area contributed by atoms with Crippen molar-refractivity contribution in [2.45, 2.75) is 26.3 Å². The fourth-order valence-corrected chi connectivity index (χ4v) is 2.34. The highest BCUT2D eigenvalue weighted by Gasteiger charge is 2.03. The lowest BCUT2D eigenvalue weighted by molar-refractivity contribution is 0.331. The van der Waals surface area contributed by atoms with E-state index in [1.807, 2.05) is 12.1 Å². The molecule has 106 valence electrons. The van der Waals surface area contributed by atoms with Gasteiger partial charge in [0.05, 0.1) is 0 Å². The Hall–Kier alpha value is -1.80. The van der Waals surface area contributed by atoms with Crippen molar-refractivity contribution in [1.82, 2.24) is 4.90 Å². The van der Waals surface area contributed by atoms with E-state index in [0.717, 1.165) is 31.6 Å². The average Bonchev–Trinajstić information content (AvgIpc) is 2.47. The van der Waals surface area contributed by atoms with Crippen LogP contribution in [0.3, 0.4) is 0 Å². The topological polar surface area (TPSA) is 29.3 Å². The molecule has 0 saturated heterocycles. The molecule has 0 heterocycles. The molecule has 0 aromatic heterocycles. The van der Waals surface area contributed by atoms with Gasteiger partial charge in [0.25, 0.3) is 0 Å². The Balaban J connectivity index is 1.86. The molecule has 0 radical (unpaired) electrons. The smallest absolute Gasteiger partial charge is 0.0347 e. The van der Waals surface area contributed by atoms with Crippen molar-refractivity contribution in [2.75, 3.05) is 19.3 Å². The molecular formula is C18H24N2. The Morgan fingerprint density at radius 2 is 1.60 bits per heavy atom. The summed E-state index contributed by atoms with van der Waals surface area (Å²) in [6.45, 7) is 4.19. The molecule has 0 aliphatic carbocycles. The number of nitrogens with zero attached hydrogens (tertiary/aromatic N) is 1. The standard InChI is InChI=1S/C18H24N2/c1-3-15-8-10-16(11-9-15)14-20(2)13-12-17-6-4-5-7-18(17)19/h4-11H,3,12-14,19H2,1-2H3. The van der Waals surface area contributed by atoms with Gasteiger partial charge in [-0.25, -0.2) is 0 Å². The van der Waals surface area contributed by atoms with Crippen LogP contribution in [0.1, 0.15) is 23.6 Å². The normalized spacial score (nSPS) is 10.9. The second-order valence-corrected chi connectivity index (χ2v) is 5.36. The van der Waals surface area contributed by atoms with Crippen molar-refractivity contribution in [3.05, 3.63) is 65.2 Å². The minimum absolute atomic E-state index is 0.896. The largest absolute Gasteiger partial charge is 0.399 e. The third-order valence-corrected chi connectivity index (χ3v) is 3.70. The fourth-order valence-electron chi connectivity index (χ4n) is 2.34. The van der Waals surface area contributed by atoms with Gasteiger partial charge in [0.2, 0.25) is 0 Å². The van der Waals surface area contributed by atoms with E-state index in [0.29, 0.717) is 0 Å². The molecule has 2 N–H and O–H groups in total. The van der Waals surface area contributed by atoms with E-state index in [9.17, 15) is 0 Å². The van der Waals surface area contributed by atoms with Crippen molar-refractivity contribution in [3.8, 4) is 0 Å². The first kappa shape index (κ1) is 14.6. The number of nitrogen functional groups attached to an aromatic ring is 1. The summed E-state index contributed by atoms with van der Waals surface area (Å²) in [5, 5.41) is 0. The van der Waals surface area contributed by atoms with Gasteiger partial charge in [-0.05, 0) is 42.6 Å². The summed E-state index contributed by atoms with van der Waals surface area (Å²) in [6.07, 6.45) is 2.10. The monoisotopic (exact) mass is 268 g/mol. The summed E-state index contributed by atoms with van der Waals surface area (Å²) in [4.78, 5) is 2.34. The summed E-state index contributed by atoms with van der Waals surface area (Å²) in [7, 11) is 2.16. The van der Waals surface area contributed by atoms with Gasteiger partial charge in [0.1, 0.15) is 0 Å². The van der Waals surface area contributed by atoms with E-state index in [2.05, 4.69) is 55.3 Å². The van der Waals surface area contributed by atoms with Gasteiger partial charge in [0, 0.05) is 18.8 Å². The molecule has 0 aliphatic heterocycles. The van der Waals surface area contributed by atoms with Crippen LogP contribution >= 0.6 is 0 Å². The van der Waals surface area contributed by atoms with Crippen LogP contribution in [0.2, 0.25) is 0 Å². The summed E-state index contributed by atoms with van der Waals surface area (Å²) >= 11 is 0. The molecule has 2 nitrogen and oxygen atoms in total. The predicted molar refractivity (Wildman–Crippen MR) is 86.7 cm³/mol. The molecule has 0 amide bonds. The lowest BCUT2D eigenvalue weighted by Crippen LogP contribution is -2.21. The zero-order valence-corrected chi connectivity index (χ0v) is 12.5. The molecule has 0 spiro atoms. The molecule has 0 atom stereocenters. The number of anilines is 1. The van der Waals surface area contributed by atoms with Gasteiger partial charge >= 0.3 is 0 Å². The van der Waals surface area contributed by atoms with E-state index in [-0.39, 0.29) is 0 Å². The summed E-state index contributed by atoms with van der Waals surface area (Å²) in [5.74, 6) is 0. The molecule has 2 heteroatoms. The number of likely N-dealkylation sites (N-methyl/N-ethyl adjacent to an activating group) is 1. The van der Waals surface area contributed by atoms with Crippen LogP contribution in [0.25, 0.3) is 0 Å². The molecular weight excluding hydrogens is 244 g/mol. The van der Waals surface area contributed by atoms with E-state index in [1.165, 1.54) is 16.7 Å². The molecule has 0 fully saturated rings. The van der Waals surface area contributed by atoms with Crippen LogP contribution < -0.4 is 5.73 Å². The van der Waals surface area contributed by atoms with Gasteiger partial charge in [-0.1, -0.05) is 49.4 Å². The third kappa shape index (κ3) is 4.10. The second-order valence-electron chi connectivity index (χ2n) is 5.36. The Morgan fingerprint density at radius 1 is 0.950 bits per heavy atom. The Labute approximate surface area is 122 Å². The van der Waals surface area contributed by atoms with Crippen molar-refractivity contribution in [2.24, 2.45) is 0 Å². The summed E-state index contributed by atoms with van der Waals surface area (Å²) < 4.78 is 0. The Morgan fingerprint density at radius 3 is 2.25 bits per heavy atom. The van der Waals surface area contributed by atoms with Crippen molar-refractivity contribution in [3.63, 3.8) is 0 Å². The summed E-state index contributed by atoms with van der Waals surface area (Å²) in [5.41, 5.74) is 10.9. The molecule has 2 aromatic rings. The number of hydrogen-bond donors (Lipinski definition) is 1. The zero-order valence-electron chi connectivity index (χ0n) is 12.5. The maximum atomic E-state index is 5.97. The number of nitrogens with two attached hydrogens (primary N) is 1. The average molecular weight is 268 g/mol. The van der Waals surface area contributed by atoms with Gasteiger partial charge < -0.3 is 10.6 Å². The first-order chi connectivity index (χ1) is 9.69. The van der Waals surface area contributed by atoms with Crippen LogP contribution in [0.15, 0.2) is 48.5 Å². The zero-order chi connectivity index (χ0) is 14.4.